The Kier molecular flexibility index (Phi) is 7.73. The molecule has 0 spiro atoms. The molecule has 0 bridgehead atoms. The summed E-state index contributed by atoms with van der Waals surface area (Å²) in [6.45, 7) is 2.29. The highest BCUT2D eigenvalue weighted by Crippen LogP contribution is 2.38. The lowest BCUT2D eigenvalue weighted by molar-refractivity contribution is 0.340. The zero-order chi connectivity index (χ0) is 23.3. The Morgan fingerprint density at radius 2 is 1.84 bits per heavy atom. The van der Waals surface area contributed by atoms with Crippen molar-refractivity contribution in [3.63, 3.8) is 0 Å². The first-order chi connectivity index (χ1) is 15.3. The first kappa shape index (κ1) is 23.6. The molecular formula is C22H21F2N2O5S-. The fourth-order valence-corrected chi connectivity index (χ4v) is 3.34. The van der Waals surface area contributed by atoms with E-state index in [1.54, 1.807) is 38.4 Å². The fraction of sp³-hybridized carbons (Fsp3) is 0.227. The van der Waals surface area contributed by atoms with Crippen molar-refractivity contribution in [2.24, 2.45) is 7.05 Å². The topological polar surface area (TPSA) is 92.6 Å². The van der Waals surface area contributed by atoms with Gasteiger partial charge in [0.1, 0.15) is 17.2 Å². The van der Waals surface area contributed by atoms with Gasteiger partial charge in [0, 0.05) is 54.3 Å². The van der Waals surface area contributed by atoms with E-state index in [1.807, 2.05) is 0 Å². The van der Waals surface area contributed by atoms with Crippen LogP contribution in [-0.4, -0.2) is 26.5 Å². The molecule has 1 unspecified atom stereocenters. The maximum absolute atomic E-state index is 13.7. The third-order valence-electron chi connectivity index (χ3n) is 4.58. The Morgan fingerprint density at radius 3 is 2.53 bits per heavy atom. The third-order valence-corrected chi connectivity index (χ3v) is 5.02. The summed E-state index contributed by atoms with van der Waals surface area (Å²) in [5.74, 6) is -1.30. The number of hydrogen-bond acceptors (Lipinski definition) is 5. The number of rotatable bonds is 9. The minimum absolute atomic E-state index is 0.0871. The van der Waals surface area contributed by atoms with Gasteiger partial charge in [-0.1, -0.05) is 6.07 Å². The lowest BCUT2D eigenvalue weighted by atomic mass is 10.0. The van der Waals surface area contributed by atoms with Crippen LogP contribution < -0.4 is 19.8 Å². The summed E-state index contributed by atoms with van der Waals surface area (Å²) in [5, 5.41) is 0. The third kappa shape index (κ3) is 5.78. The minimum atomic E-state index is -2.38. The molecule has 1 heterocycles. The average Bonchev–Trinajstić information content (AvgIpc) is 2.74. The average molecular weight is 463 g/mol. The summed E-state index contributed by atoms with van der Waals surface area (Å²) >= 11 is -2.38. The van der Waals surface area contributed by atoms with Crippen LogP contribution in [0.2, 0.25) is 0 Å². The first-order valence-corrected chi connectivity index (χ1v) is 10.8. The van der Waals surface area contributed by atoms with Crippen LogP contribution >= 0.6 is 0 Å². The van der Waals surface area contributed by atoms with E-state index in [0.717, 1.165) is 17.7 Å². The molecular weight excluding hydrogens is 442 g/mol. The summed E-state index contributed by atoms with van der Waals surface area (Å²) in [6, 6.07) is 9.70. The molecule has 3 rings (SSSR count). The highest BCUT2D eigenvalue weighted by atomic mass is 32.2. The van der Waals surface area contributed by atoms with Gasteiger partial charge in [0.05, 0.1) is 6.61 Å². The molecule has 32 heavy (non-hydrogen) atoms. The van der Waals surface area contributed by atoms with Gasteiger partial charge in [-0.2, -0.15) is 0 Å². The van der Waals surface area contributed by atoms with Crippen LogP contribution in [0.25, 0.3) is 11.1 Å². The van der Waals surface area contributed by atoms with Crippen LogP contribution in [-0.2, 0) is 24.7 Å². The highest BCUT2D eigenvalue weighted by molar-refractivity contribution is 7.77. The molecule has 0 fully saturated rings. The molecule has 2 aromatic carbocycles. The molecule has 7 nitrogen and oxygen atoms in total. The maximum atomic E-state index is 13.7. The molecule has 0 aliphatic carbocycles. The molecule has 1 N–H and O–H groups in total. The van der Waals surface area contributed by atoms with Crippen LogP contribution in [0.1, 0.15) is 12.5 Å². The Morgan fingerprint density at radius 1 is 1.06 bits per heavy atom. The van der Waals surface area contributed by atoms with Crippen molar-refractivity contribution in [3.8, 4) is 28.4 Å². The van der Waals surface area contributed by atoms with Crippen LogP contribution in [0, 0.1) is 11.6 Å². The molecule has 3 aromatic rings. The van der Waals surface area contributed by atoms with Crippen molar-refractivity contribution >= 4 is 11.3 Å². The van der Waals surface area contributed by atoms with E-state index in [2.05, 4.69) is 4.72 Å². The molecule has 0 saturated carbocycles. The van der Waals surface area contributed by atoms with E-state index in [9.17, 15) is 22.3 Å². The van der Waals surface area contributed by atoms with Crippen molar-refractivity contribution in [3.05, 3.63) is 76.2 Å². The largest absolute Gasteiger partial charge is 0.760 e. The van der Waals surface area contributed by atoms with Crippen molar-refractivity contribution in [2.45, 2.75) is 13.3 Å². The summed E-state index contributed by atoms with van der Waals surface area (Å²) in [6.07, 6.45) is 1.98. The Hall–Kier alpha value is -3.08. The van der Waals surface area contributed by atoms with Crippen molar-refractivity contribution in [1.82, 2.24) is 9.29 Å². The van der Waals surface area contributed by atoms with Gasteiger partial charge in [-0.25, -0.2) is 13.5 Å². The van der Waals surface area contributed by atoms with Gasteiger partial charge in [0.15, 0.2) is 11.6 Å². The normalized spacial score (nSPS) is 11.9. The lowest BCUT2D eigenvalue weighted by Crippen LogP contribution is -2.19. The van der Waals surface area contributed by atoms with E-state index in [4.69, 9.17) is 9.47 Å². The molecule has 170 valence electrons. The van der Waals surface area contributed by atoms with E-state index in [-0.39, 0.29) is 17.9 Å². The predicted molar refractivity (Wildman–Crippen MR) is 115 cm³/mol. The molecule has 0 amide bonds. The number of ether oxygens (including phenoxy) is 2. The number of halogens is 2. The predicted octanol–water partition coefficient (Wildman–Crippen LogP) is 3.45. The lowest BCUT2D eigenvalue weighted by Gasteiger charge is -2.17. The van der Waals surface area contributed by atoms with Crippen molar-refractivity contribution in [2.75, 3.05) is 13.2 Å². The summed E-state index contributed by atoms with van der Waals surface area (Å²) in [7, 11) is 1.59. The van der Waals surface area contributed by atoms with E-state index < -0.39 is 22.9 Å². The van der Waals surface area contributed by atoms with Crippen LogP contribution in [0.3, 0.4) is 0 Å². The molecule has 1 aromatic heterocycles. The summed E-state index contributed by atoms with van der Waals surface area (Å²) in [4.78, 5) is 12.1. The zero-order valence-corrected chi connectivity index (χ0v) is 18.2. The number of pyridine rings is 1. The van der Waals surface area contributed by atoms with Gasteiger partial charge in [0.25, 0.3) is 5.56 Å². The van der Waals surface area contributed by atoms with Gasteiger partial charge in [-0.15, -0.1) is 0 Å². The van der Waals surface area contributed by atoms with Crippen molar-refractivity contribution in [1.29, 1.82) is 0 Å². The fourth-order valence-electron chi connectivity index (χ4n) is 3.07. The Balaban J connectivity index is 2.09. The number of nitrogens with one attached hydrogen (secondary N) is 1. The molecule has 0 radical (unpaired) electrons. The molecule has 0 saturated heterocycles. The van der Waals surface area contributed by atoms with Crippen molar-refractivity contribution < 1.29 is 27.0 Å². The van der Waals surface area contributed by atoms with E-state index in [0.29, 0.717) is 35.7 Å². The smallest absolute Gasteiger partial charge is 0.254 e. The molecule has 0 aliphatic rings. The standard InChI is InChI=1S/C22H22F2N2O5S/c1-3-30-21-12-22(27)26(2)13-17(21)16-10-14(8-9-25-32(28)29)4-7-20(16)31-15-5-6-18(23)19(24)11-15/h4-7,10-13,25H,3,8-9H2,1-2H3,(H,28,29)/p-1. The van der Waals surface area contributed by atoms with Crippen LogP contribution in [0.15, 0.2) is 53.5 Å². The number of aromatic nitrogens is 1. The quantitative estimate of drug-likeness (QED) is 0.491. The monoisotopic (exact) mass is 463 g/mol. The minimum Gasteiger partial charge on any atom is -0.760 e. The van der Waals surface area contributed by atoms with Gasteiger partial charge in [0.2, 0.25) is 0 Å². The second-order valence-electron chi connectivity index (χ2n) is 6.82. The maximum Gasteiger partial charge on any atom is 0.254 e. The SMILES string of the molecule is CCOc1cc(=O)n(C)cc1-c1cc(CCNS(=O)[O-])ccc1Oc1ccc(F)c(F)c1. The Labute approximate surface area is 186 Å². The second-order valence-corrected chi connectivity index (χ2v) is 7.58. The second kappa shape index (κ2) is 10.5. The first-order valence-electron chi connectivity index (χ1n) is 9.71. The zero-order valence-electron chi connectivity index (χ0n) is 17.4. The van der Waals surface area contributed by atoms with Gasteiger partial charge in [-0.3, -0.25) is 9.00 Å². The number of benzene rings is 2. The number of hydrogen-bond donors (Lipinski definition) is 1. The summed E-state index contributed by atoms with van der Waals surface area (Å²) in [5.41, 5.74) is 1.61. The molecule has 10 heteroatoms. The van der Waals surface area contributed by atoms with Gasteiger partial charge >= 0.3 is 0 Å². The van der Waals surface area contributed by atoms with Gasteiger partial charge < -0.3 is 18.6 Å². The van der Waals surface area contributed by atoms with Crippen LogP contribution in [0.4, 0.5) is 8.78 Å². The molecule has 1 atom stereocenters. The number of aryl methyl sites for hydroxylation is 1. The van der Waals surface area contributed by atoms with Crippen LogP contribution in [0.5, 0.6) is 17.2 Å². The highest BCUT2D eigenvalue weighted by Gasteiger charge is 2.16. The van der Waals surface area contributed by atoms with Gasteiger partial charge in [-0.05, 0) is 43.2 Å². The Bertz CT molecular complexity index is 1200. The van der Waals surface area contributed by atoms with E-state index >= 15 is 0 Å². The molecule has 0 aliphatic heterocycles. The summed E-state index contributed by atoms with van der Waals surface area (Å²) < 4.78 is 63.6. The number of nitrogens with zero attached hydrogens (tertiary/aromatic N) is 1. The van der Waals surface area contributed by atoms with E-state index in [1.165, 1.54) is 16.7 Å².